The third-order valence-electron chi connectivity index (χ3n) is 2.60. The summed E-state index contributed by atoms with van der Waals surface area (Å²) in [6.07, 6.45) is 1.57. The Bertz CT molecular complexity index is 583. The molecule has 0 radical (unpaired) electrons. The first kappa shape index (κ1) is 12.0. The van der Waals surface area contributed by atoms with Gasteiger partial charge in [-0.1, -0.05) is 6.07 Å². The van der Waals surface area contributed by atoms with E-state index in [-0.39, 0.29) is 11.7 Å². The molecule has 0 unspecified atom stereocenters. The standard InChI is InChI=1S/C13H13FN4/c1-18(11-4-2-3-10(14)8-11)12-7-9(13(15)16)5-6-17-12/h2-8H,1H3,(H3,15,16). The second-order valence-corrected chi connectivity index (χ2v) is 3.86. The van der Waals surface area contributed by atoms with Crippen molar-refractivity contribution in [3.05, 3.63) is 54.0 Å². The normalized spacial score (nSPS) is 10.1. The molecule has 2 aromatic rings. The third kappa shape index (κ3) is 2.45. The van der Waals surface area contributed by atoms with Gasteiger partial charge in [-0.25, -0.2) is 9.37 Å². The molecule has 18 heavy (non-hydrogen) atoms. The second kappa shape index (κ2) is 4.83. The highest BCUT2D eigenvalue weighted by Crippen LogP contribution is 2.22. The molecule has 5 heteroatoms. The predicted molar refractivity (Wildman–Crippen MR) is 69.7 cm³/mol. The molecule has 0 saturated heterocycles. The predicted octanol–water partition coefficient (Wildman–Crippen LogP) is 2.27. The van der Waals surface area contributed by atoms with Gasteiger partial charge in [0, 0.05) is 24.5 Å². The van der Waals surface area contributed by atoms with Crippen molar-refractivity contribution in [2.45, 2.75) is 0 Å². The van der Waals surface area contributed by atoms with Crippen molar-refractivity contribution in [1.82, 2.24) is 4.98 Å². The number of halogens is 1. The molecule has 0 aliphatic rings. The van der Waals surface area contributed by atoms with Gasteiger partial charge in [-0.05, 0) is 30.3 Å². The fraction of sp³-hybridized carbons (Fsp3) is 0.0769. The van der Waals surface area contributed by atoms with Crippen LogP contribution in [0.15, 0.2) is 42.6 Å². The molecule has 0 fully saturated rings. The van der Waals surface area contributed by atoms with E-state index < -0.39 is 0 Å². The van der Waals surface area contributed by atoms with Crippen LogP contribution < -0.4 is 10.6 Å². The van der Waals surface area contributed by atoms with Gasteiger partial charge in [-0.2, -0.15) is 0 Å². The summed E-state index contributed by atoms with van der Waals surface area (Å²) >= 11 is 0. The van der Waals surface area contributed by atoms with E-state index in [1.165, 1.54) is 12.1 Å². The molecular weight excluding hydrogens is 231 g/mol. The summed E-state index contributed by atoms with van der Waals surface area (Å²) in [6, 6.07) is 9.57. The lowest BCUT2D eigenvalue weighted by molar-refractivity contribution is 0.628. The Balaban J connectivity index is 2.36. The Morgan fingerprint density at radius 1 is 1.33 bits per heavy atom. The van der Waals surface area contributed by atoms with Crippen LogP contribution in [0.2, 0.25) is 0 Å². The SMILES string of the molecule is CN(c1cccc(F)c1)c1cc(C(=N)N)ccn1. The second-order valence-electron chi connectivity index (χ2n) is 3.86. The highest BCUT2D eigenvalue weighted by atomic mass is 19.1. The van der Waals surface area contributed by atoms with Crippen LogP contribution >= 0.6 is 0 Å². The van der Waals surface area contributed by atoms with Gasteiger partial charge >= 0.3 is 0 Å². The van der Waals surface area contributed by atoms with E-state index in [1.54, 1.807) is 42.4 Å². The van der Waals surface area contributed by atoms with E-state index in [0.29, 0.717) is 17.1 Å². The third-order valence-corrected chi connectivity index (χ3v) is 2.60. The van der Waals surface area contributed by atoms with Crippen molar-refractivity contribution in [2.75, 3.05) is 11.9 Å². The lowest BCUT2D eigenvalue weighted by Gasteiger charge is -2.18. The average Bonchev–Trinajstić information content (AvgIpc) is 2.38. The highest BCUT2D eigenvalue weighted by Gasteiger charge is 2.07. The molecule has 0 spiro atoms. The number of hydrogen-bond donors (Lipinski definition) is 2. The van der Waals surface area contributed by atoms with E-state index in [4.69, 9.17) is 11.1 Å². The molecule has 0 bridgehead atoms. The summed E-state index contributed by atoms with van der Waals surface area (Å²) in [4.78, 5) is 5.91. The number of nitrogen functional groups attached to an aromatic ring is 1. The highest BCUT2D eigenvalue weighted by molar-refractivity contribution is 5.95. The minimum atomic E-state index is -0.304. The van der Waals surface area contributed by atoms with Crippen LogP contribution in [-0.4, -0.2) is 17.9 Å². The number of nitrogens with one attached hydrogen (secondary N) is 1. The molecule has 2 rings (SSSR count). The fourth-order valence-corrected chi connectivity index (χ4v) is 1.59. The van der Waals surface area contributed by atoms with Crippen LogP contribution in [0.4, 0.5) is 15.9 Å². The monoisotopic (exact) mass is 244 g/mol. The zero-order valence-corrected chi connectivity index (χ0v) is 9.89. The van der Waals surface area contributed by atoms with Crippen molar-refractivity contribution in [3.63, 3.8) is 0 Å². The van der Waals surface area contributed by atoms with Crippen molar-refractivity contribution in [3.8, 4) is 0 Å². The molecule has 0 atom stereocenters. The van der Waals surface area contributed by atoms with Crippen LogP contribution in [-0.2, 0) is 0 Å². The van der Waals surface area contributed by atoms with Gasteiger partial charge in [0.05, 0.1) is 0 Å². The molecule has 0 aliphatic carbocycles. The zero-order valence-electron chi connectivity index (χ0n) is 9.89. The van der Waals surface area contributed by atoms with Crippen LogP contribution in [0, 0.1) is 11.2 Å². The maximum absolute atomic E-state index is 13.1. The fourth-order valence-electron chi connectivity index (χ4n) is 1.59. The number of amidine groups is 1. The summed E-state index contributed by atoms with van der Waals surface area (Å²) in [7, 11) is 1.78. The number of pyridine rings is 1. The first-order chi connectivity index (χ1) is 8.58. The lowest BCUT2D eigenvalue weighted by Crippen LogP contribution is -2.15. The molecular formula is C13H13FN4. The first-order valence-electron chi connectivity index (χ1n) is 5.37. The van der Waals surface area contributed by atoms with Gasteiger partial charge in [-0.3, -0.25) is 5.41 Å². The number of hydrogen-bond acceptors (Lipinski definition) is 3. The van der Waals surface area contributed by atoms with Crippen LogP contribution in [0.25, 0.3) is 0 Å². The van der Waals surface area contributed by atoms with E-state index in [0.717, 1.165) is 0 Å². The number of aromatic nitrogens is 1. The molecule has 1 aromatic carbocycles. The first-order valence-corrected chi connectivity index (χ1v) is 5.37. The lowest BCUT2D eigenvalue weighted by atomic mass is 10.2. The van der Waals surface area contributed by atoms with Gasteiger partial charge in [0.2, 0.25) is 0 Å². The average molecular weight is 244 g/mol. The molecule has 0 amide bonds. The van der Waals surface area contributed by atoms with Crippen LogP contribution in [0.5, 0.6) is 0 Å². The quantitative estimate of drug-likeness (QED) is 0.643. The van der Waals surface area contributed by atoms with Crippen LogP contribution in [0.1, 0.15) is 5.56 Å². The summed E-state index contributed by atoms with van der Waals surface area (Å²) in [6.45, 7) is 0. The van der Waals surface area contributed by atoms with Gasteiger partial charge in [0.1, 0.15) is 17.5 Å². The Hall–Kier alpha value is -2.43. The van der Waals surface area contributed by atoms with Gasteiger partial charge < -0.3 is 10.6 Å². The Morgan fingerprint density at radius 3 is 2.78 bits per heavy atom. The van der Waals surface area contributed by atoms with E-state index in [1.807, 2.05) is 0 Å². The topological polar surface area (TPSA) is 66.0 Å². The molecule has 4 nitrogen and oxygen atoms in total. The summed E-state index contributed by atoms with van der Waals surface area (Å²) in [5, 5.41) is 7.38. The largest absolute Gasteiger partial charge is 0.384 e. The van der Waals surface area contributed by atoms with E-state index >= 15 is 0 Å². The minimum Gasteiger partial charge on any atom is -0.384 e. The number of nitrogens with zero attached hydrogens (tertiary/aromatic N) is 2. The zero-order chi connectivity index (χ0) is 13.1. The maximum atomic E-state index is 13.1. The smallest absolute Gasteiger partial charge is 0.133 e. The molecule has 0 saturated carbocycles. The van der Waals surface area contributed by atoms with E-state index in [2.05, 4.69) is 4.98 Å². The van der Waals surface area contributed by atoms with Crippen molar-refractivity contribution < 1.29 is 4.39 Å². The Kier molecular flexibility index (Phi) is 3.23. The van der Waals surface area contributed by atoms with Crippen molar-refractivity contribution >= 4 is 17.3 Å². The van der Waals surface area contributed by atoms with Crippen molar-refractivity contribution in [1.29, 1.82) is 5.41 Å². The minimum absolute atomic E-state index is 0.0220. The number of rotatable bonds is 3. The van der Waals surface area contributed by atoms with Crippen LogP contribution in [0.3, 0.4) is 0 Å². The molecule has 0 aliphatic heterocycles. The number of nitrogens with two attached hydrogens (primary N) is 1. The van der Waals surface area contributed by atoms with Gasteiger partial charge in [-0.15, -0.1) is 0 Å². The molecule has 92 valence electrons. The Labute approximate surface area is 104 Å². The Morgan fingerprint density at radius 2 is 2.11 bits per heavy atom. The summed E-state index contributed by atoms with van der Waals surface area (Å²) in [5.41, 5.74) is 6.69. The van der Waals surface area contributed by atoms with E-state index in [9.17, 15) is 4.39 Å². The molecule has 3 N–H and O–H groups in total. The number of benzene rings is 1. The molecule has 1 heterocycles. The maximum Gasteiger partial charge on any atom is 0.133 e. The van der Waals surface area contributed by atoms with Gasteiger partial charge in [0.15, 0.2) is 0 Å². The summed E-state index contributed by atoms with van der Waals surface area (Å²) < 4.78 is 13.1. The number of anilines is 2. The molecule has 1 aromatic heterocycles. The summed E-state index contributed by atoms with van der Waals surface area (Å²) in [5.74, 6) is 0.279. The van der Waals surface area contributed by atoms with Crippen molar-refractivity contribution in [2.24, 2.45) is 5.73 Å². The van der Waals surface area contributed by atoms with Gasteiger partial charge in [0.25, 0.3) is 0 Å².